The number of amides is 1. The number of anilines is 1. The summed E-state index contributed by atoms with van der Waals surface area (Å²) in [6, 6.07) is 16.0. The first-order chi connectivity index (χ1) is 13.7. The number of ether oxygens (including phenoxy) is 1. The van der Waals surface area contributed by atoms with Crippen LogP contribution in [0.4, 0.5) is 5.69 Å². The molecule has 1 aliphatic rings. The number of rotatable bonds is 6. The predicted octanol–water partition coefficient (Wildman–Crippen LogP) is 3.67. The van der Waals surface area contributed by atoms with E-state index in [0.29, 0.717) is 13.2 Å². The smallest absolute Gasteiger partial charge is 0.221 e. The molecule has 0 aromatic heterocycles. The maximum absolute atomic E-state index is 11.2. The van der Waals surface area contributed by atoms with E-state index in [1.54, 1.807) is 0 Å². The van der Waals surface area contributed by atoms with Crippen LogP contribution in [-0.4, -0.2) is 43.0 Å². The maximum Gasteiger partial charge on any atom is 0.221 e. The summed E-state index contributed by atoms with van der Waals surface area (Å²) in [5.74, 6) is 1.55. The Morgan fingerprint density at radius 1 is 1.17 bits per heavy atom. The van der Waals surface area contributed by atoms with Crippen molar-refractivity contribution in [1.29, 1.82) is 0 Å². The highest BCUT2D eigenvalue weighted by Crippen LogP contribution is 2.19. The lowest BCUT2D eigenvalue weighted by molar-refractivity contribution is -0.114. The molecule has 1 heterocycles. The maximum atomic E-state index is 11.2. The first-order valence-corrected chi connectivity index (χ1v) is 9.76. The second kappa shape index (κ2) is 11.6. The second-order valence-corrected chi connectivity index (χ2v) is 6.73. The SMILES string of the molecule is CCNC(=NCCOc1cccc(NC(C)=O)c1)N1CCc2ccccc2C1.I. The van der Waals surface area contributed by atoms with Gasteiger partial charge in [-0.05, 0) is 36.6 Å². The monoisotopic (exact) mass is 508 g/mol. The normalized spacial score (nSPS) is 13.2. The summed E-state index contributed by atoms with van der Waals surface area (Å²) in [6.45, 7) is 7.27. The van der Waals surface area contributed by atoms with Crippen molar-refractivity contribution in [2.75, 3.05) is 31.6 Å². The van der Waals surface area contributed by atoms with E-state index in [1.807, 2.05) is 24.3 Å². The molecule has 0 unspecified atom stereocenters. The molecule has 0 spiro atoms. The Morgan fingerprint density at radius 3 is 2.72 bits per heavy atom. The summed E-state index contributed by atoms with van der Waals surface area (Å²) < 4.78 is 5.80. The first-order valence-electron chi connectivity index (χ1n) is 9.76. The van der Waals surface area contributed by atoms with Gasteiger partial charge in [-0.1, -0.05) is 30.3 Å². The number of hydrogen-bond donors (Lipinski definition) is 2. The molecule has 0 fully saturated rings. The van der Waals surface area contributed by atoms with Gasteiger partial charge in [0.1, 0.15) is 12.4 Å². The Kier molecular flexibility index (Phi) is 9.24. The highest BCUT2D eigenvalue weighted by atomic mass is 127. The zero-order valence-corrected chi connectivity index (χ0v) is 19.3. The summed E-state index contributed by atoms with van der Waals surface area (Å²) in [6.07, 6.45) is 1.03. The van der Waals surface area contributed by atoms with Crippen LogP contribution >= 0.6 is 24.0 Å². The second-order valence-electron chi connectivity index (χ2n) is 6.73. The molecular weight excluding hydrogens is 479 g/mol. The van der Waals surface area contributed by atoms with Crippen LogP contribution in [0.1, 0.15) is 25.0 Å². The Bertz CT molecular complexity index is 841. The molecule has 2 aromatic rings. The lowest BCUT2D eigenvalue weighted by atomic mass is 10.0. The number of nitrogens with zero attached hydrogens (tertiary/aromatic N) is 2. The Balaban J connectivity index is 0.00000300. The van der Waals surface area contributed by atoms with E-state index in [4.69, 9.17) is 9.73 Å². The molecule has 1 amide bonds. The van der Waals surface area contributed by atoms with Crippen LogP contribution in [-0.2, 0) is 17.8 Å². The molecular formula is C22H29IN4O2. The van der Waals surface area contributed by atoms with Crippen molar-refractivity contribution in [3.8, 4) is 5.75 Å². The van der Waals surface area contributed by atoms with Gasteiger partial charge in [0.2, 0.25) is 5.91 Å². The Labute approximate surface area is 189 Å². The molecule has 0 saturated heterocycles. The molecule has 3 rings (SSSR count). The Morgan fingerprint density at radius 2 is 1.97 bits per heavy atom. The molecule has 6 nitrogen and oxygen atoms in total. The van der Waals surface area contributed by atoms with Gasteiger partial charge in [-0.2, -0.15) is 0 Å². The molecule has 0 aliphatic carbocycles. The molecule has 0 saturated carbocycles. The van der Waals surface area contributed by atoms with Crippen molar-refractivity contribution in [3.05, 3.63) is 59.7 Å². The molecule has 2 N–H and O–H groups in total. The average molecular weight is 508 g/mol. The molecule has 156 valence electrons. The fourth-order valence-corrected chi connectivity index (χ4v) is 3.28. The third-order valence-electron chi connectivity index (χ3n) is 4.54. The standard InChI is InChI=1S/C22H28N4O2.HI/c1-3-23-22(26-13-11-18-7-4-5-8-19(18)16-26)24-12-14-28-21-10-6-9-20(15-21)25-17(2)27;/h4-10,15H,3,11-14,16H2,1-2H3,(H,23,24)(H,25,27);1H. The zero-order valence-electron chi connectivity index (χ0n) is 17.0. The molecule has 7 heteroatoms. The first kappa shape index (κ1) is 23.0. The molecule has 29 heavy (non-hydrogen) atoms. The van der Waals surface area contributed by atoms with Gasteiger partial charge < -0.3 is 20.3 Å². The molecule has 1 aliphatic heterocycles. The fourth-order valence-electron chi connectivity index (χ4n) is 3.28. The summed E-state index contributed by atoms with van der Waals surface area (Å²) in [4.78, 5) is 18.2. The number of hydrogen-bond acceptors (Lipinski definition) is 3. The van der Waals surface area contributed by atoms with E-state index in [-0.39, 0.29) is 29.9 Å². The van der Waals surface area contributed by atoms with Crippen LogP contribution in [0.3, 0.4) is 0 Å². The number of halogens is 1. The van der Waals surface area contributed by atoms with Gasteiger partial charge in [-0.3, -0.25) is 4.79 Å². The number of carbonyl (C=O) groups is 1. The number of fused-ring (bicyclic) bond motifs is 1. The minimum absolute atomic E-state index is 0. The molecule has 0 atom stereocenters. The zero-order chi connectivity index (χ0) is 19.8. The predicted molar refractivity (Wildman–Crippen MR) is 128 cm³/mol. The van der Waals surface area contributed by atoms with Gasteiger partial charge in [0.15, 0.2) is 5.96 Å². The van der Waals surface area contributed by atoms with Crippen LogP contribution in [0.15, 0.2) is 53.5 Å². The topological polar surface area (TPSA) is 66.0 Å². The summed E-state index contributed by atoms with van der Waals surface area (Å²) >= 11 is 0. The third kappa shape index (κ3) is 6.92. The van der Waals surface area contributed by atoms with Gasteiger partial charge in [0.05, 0.1) is 6.54 Å². The van der Waals surface area contributed by atoms with Gasteiger partial charge in [-0.25, -0.2) is 4.99 Å². The Hall–Kier alpha value is -2.29. The number of carbonyl (C=O) groups excluding carboxylic acids is 1. The van der Waals surface area contributed by atoms with Crippen molar-refractivity contribution < 1.29 is 9.53 Å². The van der Waals surface area contributed by atoms with Crippen LogP contribution in [0.25, 0.3) is 0 Å². The highest BCUT2D eigenvalue weighted by Gasteiger charge is 2.18. The van der Waals surface area contributed by atoms with Crippen molar-refractivity contribution in [2.24, 2.45) is 4.99 Å². The molecule has 2 aromatic carbocycles. The lowest BCUT2D eigenvalue weighted by Gasteiger charge is -2.31. The van der Waals surface area contributed by atoms with Gasteiger partial charge in [0.25, 0.3) is 0 Å². The van der Waals surface area contributed by atoms with Crippen LogP contribution in [0.5, 0.6) is 5.75 Å². The molecule has 0 bridgehead atoms. The quantitative estimate of drug-likeness (QED) is 0.271. The average Bonchev–Trinajstić information content (AvgIpc) is 2.70. The van der Waals surface area contributed by atoms with Crippen molar-refractivity contribution in [3.63, 3.8) is 0 Å². The number of guanidine groups is 1. The van der Waals surface area contributed by atoms with E-state index in [9.17, 15) is 4.79 Å². The third-order valence-corrected chi connectivity index (χ3v) is 4.54. The summed E-state index contributed by atoms with van der Waals surface area (Å²) in [5.41, 5.74) is 3.52. The van der Waals surface area contributed by atoms with Crippen molar-refractivity contribution in [1.82, 2.24) is 10.2 Å². The summed E-state index contributed by atoms with van der Waals surface area (Å²) in [5, 5.41) is 6.14. The van der Waals surface area contributed by atoms with E-state index in [1.165, 1.54) is 18.1 Å². The van der Waals surface area contributed by atoms with Crippen molar-refractivity contribution in [2.45, 2.75) is 26.8 Å². The molecule has 0 radical (unpaired) electrons. The minimum Gasteiger partial charge on any atom is -0.492 e. The number of nitrogens with one attached hydrogen (secondary N) is 2. The lowest BCUT2D eigenvalue weighted by Crippen LogP contribution is -2.44. The van der Waals surface area contributed by atoms with E-state index >= 15 is 0 Å². The van der Waals surface area contributed by atoms with E-state index in [2.05, 4.69) is 46.7 Å². The highest BCUT2D eigenvalue weighted by molar-refractivity contribution is 14.0. The number of aliphatic imine (C=N–C) groups is 1. The van der Waals surface area contributed by atoms with Crippen LogP contribution < -0.4 is 15.4 Å². The number of benzene rings is 2. The minimum atomic E-state index is -0.0971. The fraction of sp³-hybridized carbons (Fsp3) is 0.364. The van der Waals surface area contributed by atoms with Crippen LogP contribution in [0.2, 0.25) is 0 Å². The van der Waals surface area contributed by atoms with E-state index < -0.39 is 0 Å². The van der Waals surface area contributed by atoms with Gasteiger partial charge in [-0.15, -0.1) is 24.0 Å². The largest absolute Gasteiger partial charge is 0.492 e. The van der Waals surface area contributed by atoms with Crippen LogP contribution in [0, 0.1) is 0 Å². The summed E-state index contributed by atoms with van der Waals surface area (Å²) in [7, 11) is 0. The van der Waals surface area contributed by atoms with Gasteiger partial charge >= 0.3 is 0 Å². The van der Waals surface area contributed by atoms with Gasteiger partial charge in [0, 0.05) is 38.3 Å². The van der Waals surface area contributed by atoms with E-state index in [0.717, 1.165) is 43.5 Å². The van der Waals surface area contributed by atoms with Crippen molar-refractivity contribution >= 4 is 41.5 Å².